The van der Waals surface area contributed by atoms with Crippen LogP contribution in [0.1, 0.15) is 16.1 Å². The molecule has 1 aromatic carbocycles. The molecule has 3 aromatic rings. The summed E-state index contributed by atoms with van der Waals surface area (Å²) in [7, 11) is 0. The van der Waals surface area contributed by atoms with E-state index in [2.05, 4.69) is 20.5 Å². The van der Waals surface area contributed by atoms with Gasteiger partial charge in [-0.1, -0.05) is 0 Å². The zero-order valence-corrected chi connectivity index (χ0v) is 10.9. The van der Waals surface area contributed by atoms with Crippen LogP contribution in [0.3, 0.4) is 0 Å². The molecule has 100 valence electrons. The predicted molar refractivity (Wildman–Crippen MR) is 74.8 cm³/mol. The first kappa shape index (κ1) is 12.2. The van der Waals surface area contributed by atoms with Crippen molar-refractivity contribution in [3.8, 4) is 5.69 Å². The molecule has 0 aliphatic carbocycles. The summed E-state index contributed by atoms with van der Waals surface area (Å²) in [4.78, 5) is 16.0. The Labute approximate surface area is 115 Å². The molecule has 3 rings (SSSR count). The molecule has 0 spiro atoms. The Morgan fingerprint density at radius 2 is 2.10 bits per heavy atom. The van der Waals surface area contributed by atoms with E-state index in [1.54, 1.807) is 30.7 Å². The number of carbonyl (C=O) groups excluding carboxylic acids is 1. The molecule has 0 fully saturated rings. The highest BCUT2D eigenvalue weighted by Crippen LogP contribution is 2.11. The second-order valence-corrected chi connectivity index (χ2v) is 4.41. The Balaban J connectivity index is 1.75. The van der Waals surface area contributed by atoms with Gasteiger partial charge in [0.2, 0.25) is 0 Å². The van der Waals surface area contributed by atoms with E-state index in [0.717, 1.165) is 11.4 Å². The van der Waals surface area contributed by atoms with Crippen molar-refractivity contribution in [3.05, 3.63) is 60.3 Å². The van der Waals surface area contributed by atoms with Gasteiger partial charge in [-0.2, -0.15) is 5.10 Å². The minimum atomic E-state index is -0.186. The molecule has 0 aliphatic heterocycles. The minimum absolute atomic E-state index is 0.186. The Morgan fingerprint density at radius 1 is 1.30 bits per heavy atom. The van der Waals surface area contributed by atoms with Crippen LogP contribution < -0.4 is 5.32 Å². The summed E-state index contributed by atoms with van der Waals surface area (Å²) in [5.74, 6) is 0.333. The lowest BCUT2D eigenvalue weighted by Gasteiger charge is -2.04. The highest BCUT2D eigenvalue weighted by molar-refractivity contribution is 6.03. The number of imidazole rings is 1. The molecule has 2 N–H and O–H groups in total. The van der Waals surface area contributed by atoms with Gasteiger partial charge in [-0.3, -0.25) is 9.89 Å². The van der Waals surface area contributed by atoms with E-state index in [9.17, 15) is 4.79 Å². The molecule has 0 saturated carbocycles. The number of aromatic nitrogens is 4. The van der Waals surface area contributed by atoms with E-state index in [0.29, 0.717) is 11.4 Å². The Kier molecular flexibility index (Phi) is 3.04. The van der Waals surface area contributed by atoms with Crippen molar-refractivity contribution in [1.82, 2.24) is 19.7 Å². The molecule has 0 atom stereocenters. The largest absolute Gasteiger partial charge is 0.306 e. The van der Waals surface area contributed by atoms with Crippen molar-refractivity contribution in [1.29, 1.82) is 0 Å². The van der Waals surface area contributed by atoms with E-state index in [1.165, 1.54) is 0 Å². The van der Waals surface area contributed by atoms with E-state index >= 15 is 0 Å². The number of nitrogens with zero attached hydrogens (tertiary/aromatic N) is 3. The van der Waals surface area contributed by atoms with E-state index in [1.807, 2.05) is 29.8 Å². The Morgan fingerprint density at radius 3 is 2.70 bits per heavy atom. The molecule has 0 bridgehead atoms. The van der Waals surface area contributed by atoms with Crippen LogP contribution in [-0.4, -0.2) is 25.7 Å². The quantitative estimate of drug-likeness (QED) is 0.763. The molecular weight excluding hydrogens is 254 g/mol. The summed E-state index contributed by atoms with van der Waals surface area (Å²) in [5, 5.41) is 9.48. The lowest BCUT2D eigenvalue weighted by molar-refractivity contribution is 0.102. The van der Waals surface area contributed by atoms with Crippen molar-refractivity contribution in [2.45, 2.75) is 6.92 Å². The first-order valence-electron chi connectivity index (χ1n) is 6.14. The van der Waals surface area contributed by atoms with Crippen molar-refractivity contribution < 1.29 is 4.79 Å². The van der Waals surface area contributed by atoms with Gasteiger partial charge in [0, 0.05) is 35.4 Å². The number of rotatable bonds is 3. The van der Waals surface area contributed by atoms with E-state index in [4.69, 9.17) is 0 Å². The molecule has 0 saturated heterocycles. The van der Waals surface area contributed by atoms with Crippen LogP contribution in [0.5, 0.6) is 0 Å². The average molecular weight is 267 g/mol. The van der Waals surface area contributed by atoms with Crippen molar-refractivity contribution >= 4 is 11.7 Å². The Bertz CT molecular complexity index is 712. The number of anilines is 1. The van der Waals surface area contributed by atoms with Gasteiger partial charge in [0.1, 0.15) is 0 Å². The number of carbonyl (C=O) groups is 1. The number of hydrogen-bond donors (Lipinski definition) is 2. The lowest BCUT2D eigenvalue weighted by atomic mass is 10.2. The molecule has 2 heterocycles. The van der Waals surface area contributed by atoms with Crippen LogP contribution in [0.4, 0.5) is 5.82 Å². The second kappa shape index (κ2) is 5.00. The summed E-state index contributed by atoms with van der Waals surface area (Å²) < 4.78 is 1.87. The molecular formula is C14H13N5O. The fraction of sp³-hybridized carbons (Fsp3) is 0.0714. The van der Waals surface area contributed by atoms with Gasteiger partial charge in [0.15, 0.2) is 5.82 Å². The van der Waals surface area contributed by atoms with Crippen LogP contribution in [0.2, 0.25) is 0 Å². The predicted octanol–water partition coefficient (Wildman–Crippen LogP) is 2.16. The zero-order valence-electron chi connectivity index (χ0n) is 10.9. The monoisotopic (exact) mass is 267 g/mol. The molecule has 0 aliphatic rings. The first-order chi connectivity index (χ1) is 9.72. The number of hydrogen-bond acceptors (Lipinski definition) is 3. The zero-order chi connectivity index (χ0) is 13.9. The third-order valence-corrected chi connectivity index (χ3v) is 2.88. The lowest BCUT2D eigenvalue weighted by Crippen LogP contribution is -2.12. The maximum Gasteiger partial charge on any atom is 0.256 e. The van der Waals surface area contributed by atoms with Crippen molar-refractivity contribution in [3.63, 3.8) is 0 Å². The third-order valence-electron chi connectivity index (χ3n) is 2.88. The average Bonchev–Trinajstić information content (AvgIpc) is 3.11. The van der Waals surface area contributed by atoms with E-state index in [-0.39, 0.29) is 5.91 Å². The van der Waals surface area contributed by atoms with Gasteiger partial charge in [-0.25, -0.2) is 4.98 Å². The first-order valence-corrected chi connectivity index (χ1v) is 6.14. The maximum atomic E-state index is 12.0. The highest BCUT2D eigenvalue weighted by Gasteiger charge is 2.08. The van der Waals surface area contributed by atoms with E-state index < -0.39 is 0 Å². The highest BCUT2D eigenvalue weighted by atomic mass is 16.1. The smallest absolute Gasteiger partial charge is 0.256 e. The van der Waals surface area contributed by atoms with Crippen LogP contribution in [0.15, 0.2) is 49.1 Å². The standard InChI is InChI=1S/C14H13N5O/c1-10-8-13(18-17-10)16-14(20)11-2-4-12(5-3-11)19-7-6-15-9-19/h2-9H,1H3,(H2,16,17,18,20). The molecule has 0 radical (unpaired) electrons. The molecule has 2 aromatic heterocycles. The van der Waals surface area contributed by atoms with Crippen molar-refractivity contribution in [2.24, 2.45) is 0 Å². The normalized spacial score (nSPS) is 10.4. The van der Waals surface area contributed by atoms with Crippen LogP contribution in [0.25, 0.3) is 5.69 Å². The van der Waals surface area contributed by atoms with Gasteiger partial charge >= 0.3 is 0 Å². The summed E-state index contributed by atoms with van der Waals surface area (Å²) >= 11 is 0. The van der Waals surface area contributed by atoms with Crippen LogP contribution in [-0.2, 0) is 0 Å². The summed E-state index contributed by atoms with van der Waals surface area (Å²) in [6.07, 6.45) is 5.27. The second-order valence-electron chi connectivity index (χ2n) is 4.41. The molecule has 6 heteroatoms. The SMILES string of the molecule is Cc1cc(NC(=O)c2ccc(-n3ccnc3)cc2)n[nH]1. The number of H-pyrrole nitrogens is 1. The van der Waals surface area contributed by atoms with Crippen molar-refractivity contribution in [2.75, 3.05) is 5.32 Å². The van der Waals surface area contributed by atoms with Crippen LogP contribution in [0, 0.1) is 6.92 Å². The summed E-state index contributed by atoms with van der Waals surface area (Å²) in [5.41, 5.74) is 2.43. The van der Waals surface area contributed by atoms with Gasteiger partial charge in [-0.15, -0.1) is 0 Å². The van der Waals surface area contributed by atoms with Gasteiger partial charge in [0.05, 0.1) is 6.33 Å². The van der Waals surface area contributed by atoms with Gasteiger partial charge in [-0.05, 0) is 31.2 Å². The fourth-order valence-corrected chi connectivity index (χ4v) is 1.87. The van der Waals surface area contributed by atoms with Gasteiger partial charge < -0.3 is 9.88 Å². The number of nitrogens with one attached hydrogen (secondary N) is 2. The Hall–Kier alpha value is -2.89. The summed E-state index contributed by atoms with van der Waals surface area (Å²) in [6.45, 7) is 1.88. The number of benzene rings is 1. The molecule has 0 unspecified atom stereocenters. The third kappa shape index (κ3) is 2.44. The molecule has 20 heavy (non-hydrogen) atoms. The summed E-state index contributed by atoms with van der Waals surface area (Å²) in [6, 6.07) is 9.05. The molecule has 6 nitrogen and oxygen atoms in total. The number of aryl methyl sites for hydroxylation is 1. The number of aromatic amines is 1. The topological polar surface area (TPSA) is 75.6 Å². The van der Waals surface area contributed by atoms with Crippen LogP contribution >= 0.6 is 0 Å². The minimum Gasteiger partial charge on any atom is -0.306 e. The van der Waals surface area contributed by atoms with Gasteiger partial charge in [0.25, 0.3) is 5.91 Å². The number of amides is 1. The fourth-order valence-electron chi connectivity index (χ4n) is 1.87. The molecule has 1 amide bonds. The maximum absolute atomic E-state index is 12.0.